The molecule has 36 heavy (non-hydrogen) atoms. The minimum Gasteiger partial charge on any atom is -0.496 e. The van der Waals surface area contributed by atoms with Gasteiger partial charge in [0.1, 0.15) is 40.2 Å². The van der Waals surface area contributed by atoms with Crippen LogP contribution in [0.15, 0.2) is 54.6 Å². The number of ether oxygens (including phenoxy) is 4. The predicted molar refractivity (Wildman–Crippen MR) is 132 cm³/mol. The van der Waals surface area contributed by atoms with Crippen LogP contribution in [0.5, 0.6) is 17.2 Å². The number of fused-ring (bicyclic) bond motifs is 2. The third kappa shape index (κ3) is 4.84. The minimum absolute atomic E-state index is 0.224. The van der Waals surface area contributed by atoms with Crippen LogP contribution >= 0.6 is 11.3 Å². The van der Waals surface area contributed by atoms with Gasteiger partial charge >= 0.3 is 5.97 Å². The van der Waals surface area contributed by atoms with Crippen molar-refractivity contribution in [3.8, 4) is 17.2 Å². The van der Waals surface area contributed by atoms with E-state index in [-0.39, 0.29) is 18.3 Å². The number of thiazole rings is 1. The zero-order valence-corrected chi connectivity index (χ0v) is 20.5. The summed E-state index contributed by atoms with van der Waals surface area (Å²) in [5, 5.41) is 11.9. The number of aliphatic hydroxyl groups is 1. The van der Waals surface area contributed by atoms with Crippen LogP contribution in [-0.2, 0) is 17.8 Å². The zero-order valence-electron chi connectivity index (χ0n) is 19.7. The summed E-state index contributed by atoms with van der Waals surface area (Å²) < 4.78 is 36.3. The molecule has 0 saturated carbocycles. The van der Waals surface area contributed by atoms with E-state index in [1.54, 1.807) is 36.4 Å². The molecule has 4 aromatic rings. The maximum Gasteiger partial charge on any atom is 0.341 e. The van der Waals surface area contributed by atoms with Gasteiger partial charge in [0, 0.05) is 17.5 Å². The molecule has 1 aliphatic heterocycles. The number of hydrogen-bond donors (Lipinski definition) is 1. The van der Waals surface area contributed by atoms with Gasteiger partial charge < -0.3 is 24.1 Å². The van der Waals surface area contributed by atoms with Crippen molar-refractivity contribution < 1.29 is 33.2 Å². The molecule has 1 N–H and O–H groups in total. The van der Waals surface area contributed by atoms with E-state index >= 15 is 0 Å². The van der Waals surface area contributed by atoms with Gasteiger partial charge in [-0.15, -0.1) is 11.3 Å². The monoisotopic (exact) mass is 509 g/mol. The molecule has 1 aromatic heterocycles. The lowest BCUT2D eigenvalue weighted by Gasteiger charge is -2.30. The maximum atomic E-state index is 13.4. The van der Waals surface area contributed by atoms with Gasteiger partial charge in [0.05, 0.1) is 37.1 Å². The molecular formula is C27H24FNO6S. The van der Waals surface area contributed by atoms with Crippen molar-refractivity contribution in [1.29, 1.82) is 0 Å². The average Bonchev–Trinajstić information content (AvgIpc) is 3.30. The first-order valence-corrected chi connectivity index (χ1v) is 12.1. The lowest BCUT2D eigenvalue weighted by Crippen LogP contribution is -2.27. The van der Waals surface area contributed by atoms with Crippen LogP contribution in [0.4, 0.5) is 4.39 Å². The second-order valence-electron chi connectivity index (χ2n) is 8.45. The van der Waals surface area contributed by atoms with Gasteiger partial charge in [0.25, 0.3) is 0 Å². The topological polar surface area (TPSA) is 87.1 Å². The molecule has 7 nitrogen and oxygen atoms in total. The highest BCUT2D eigenvalue weighted by atomic mass is 32.1. The van der Waals surface area contributed by atoms with Crippen LogP contribution in [0, 0.1) is 11.7 Å². The van der Waals surface area contributed by atoms with E-state index in [2.05, 4.69) is 4.98 Å². The molecule has 2 heterocycles. The first-order chi connectivity index (χ1) is 17.4. The van der Waals surface area contributed by atoms with Crippen LogP contribution in [0.1, 0.15) is 32.6 Å². The Morgan fingerprint density at radius 2 is 2.03 bits per heavy atom. The standard InChI is InChI=1S/C27H24FNO6S/c1-32-22-6-3-15(10-20(22)27(31)33-2)9-16-13-35-23-7-5-18(12-19(23)26(16)30)34-14-25-29-21-11-17(28)4-8-24(21)36-25/h3-8,10-12,16,26,30H,9,13-14H2,1-2H3/t16-,26-/m1/s1. The van der Waals surface area contributed by atoms with Crippen molar-refractivity contribution in [1.82, 2.24) is 4.98 Å². The van der Waals surface area contributed by atoms with Gasteiger partial charge in [-0.1, -0.05) is 6.07 Å². The fourth-order valence-electron chi connectivity index (χ4n) is 4.30. The number of aliphatic hydroxyl groups excluding tert-OH is 1. The number of aromatic nitrogens is 1. The molecule has 186 valence electrons. The molecule has 0 fully saturated rings. The van der Waals surface area contributed by atoms with Crippen molar-refractivity contribution in [2.24, 2.45) is 5.92 Å². The molecule has 2 atom stereocenters. The molecule has 0 saturated heterocycles. The van der Waals surface area contributed by atoms with E-state index in [1.165, 1.54) is 37.7 Å². The number of carbonyl (C=O) groups excluding carboxylic acids is 1. The van der Waals surface area contributed by atoms with E-state index < -0.39 is 12.1 Å². The third-order valence-electron chi connectivity index (χ3n) is 6.12. The van der Waals surface area contributed by atoms with Crippen molar-refractivity contribution in [3.05, 3.63) is 82.1 Å². The van der Waals surface area contributed by atoms with Crippen LogP contribution in [0.3, 0.4) is 0 Å². The van der Waals surface area contributed by atoms with E-state index in [0.717, 1.165) is 15.3 Å². The molecule has 0 aliphatic carbocycles. The molecule has 0 spiro atoms. The normalized spacial score (nSPS) is 16.8. The Bertz CT molecular complexity index is 1420. The van der Waals surface area contributed by atoms with Crippen LogP contribution in [-0.4, -0.2) is 36.9 Å². The van der Waals surface area contributed by atoms with Gasteiger partial charge in [-0.05, 0) is 54.4 Å². The maximum absolute atomic E-state index is 13.4. The van der Waals surface area contributed by atoms with Crippen molar-refractivity contribution in [3.63, 3.8) is 0 Å². The largest absolute Gasteiger partial charge is 0.496 e. The summed E-state index contributed by atoms with van der Waals surface area (Å²) in [7, 11) is 2.81. The molecule has 0 amide bonds. The molecule has 0 radical (unpaired) electrons. The second-order valence-corrected chi connectivity index (χ2v) is 9.57. The van der Waals surface area contributed by atoms with E-state index in [9.17, 15) is 14.3 Å². The quantitative estimate of drug-likeness (QED) is 0.347. The van der Waals surface area contributed by atoms with Gasteiger partial charge in [0.15, 0.2) is 0 Å². The smallest absolute Gasteiger partial charge is 0.341 e. The molecule has 5 rings (SSSR count). The molecule has 1 aliphatic rings. The highest BCUT2D eigenvalue weighted by Gasteiger charge is 2.30. The third-order valence-corrected chi connectivity index (χ3v) is 7.13. The van der Waals surface area contributed by atoms with Gasteiger partial charge in [-0.3, -0.25) is 0 Å². The first kappa shape index (κ1) is 24.0. The van der Waals surface area contributed by atoms with E-state index in [0.29, 0.717) is 46.9 Å². The number of rotatable bonds is 7. The Hall–Kier alpha value is -3.69. The lowest BCUT2D eigenvalue weighted by atomic mass is 9.87. The van der Waals surface area contributed by atoms with Crippen molar-refractivity contribution in [2.75, 3.05) is 20.8 Å². The number of hydrogen-bond acceptors (Lipinski definition) is 8. The summed E-state index contributed by atoms with van der Waals surface area (Å²) in [6.07, 6.45) is -0.298. The van der Waals surface area contributed by atoms with Gasteiger partial charge in [0.2, 0.25) is 0 Å². The zero-order chi connectivity index (χ0) is 25.2. The SMILES string of the molecule is COC(=O)c1cc(C[C@@H]2COc3ccc(OCc4nc5cc(F)ccc5s4)cc3[C@@H]2O)ccc1OC. The number of benzene rings is 3. The number of halogens is 1. The Labute approximate surface area is 211 Å². The van der Waals surface area contributed by atoms with E-state index in [4.69, 9.17) is 18.9 Å². The molecule has 9 heteroatoms. The fraction of sp³-hybridized carbons (Fsp3) is 0.259. The van der Waals surface area contributed by atoms with Crippen LogP contribution in [0.2, 0.25) is 0 Å². The number of esters is 1. The molecule has 0 unspecified atom stereocenters. The highest BCUT2D eigenvalue weighted by molar-refractivity contribution is 7.18. The van der Waals surface area contributed by atoms with Gasteiger partial charge in [-0.2, -0.15) is 0 Å². The lowest BCUT2D eigenvalue weighted by molar-refractivity contribution is 0.0504. The Balaban J connectivity index is 1.30. The molecule has 3 aromatic carbocycles. The second kappa shape index (κ2) is 10.1. The van der Waals surface area contributed by atoms with Crippen molar-refractivity contribution in [2.45, 2.75) is 19.1 Å². The number of carbonyl (C=O) groups is 1. The summed E-state index contributed by atoms with van der Waals surface area (Å²) in [6.45, 7) is 0.554. The van der Waals surface area contributed by atoms with Crippen LogP contribution < -0.4 is 14.2 Å². The predicted octanol–water partition coefficient (Wildman–Crippen LogP) is 5.09. The summed E-state index contributed by atoms with van der Waals surface area (Å²) in [5.74, 6) is 0.558. The Kier molecular flexibility index (Phi) is 6.75. The Morgan fingerprint density at radius 1 is 1.17 bits per heavy atom. The van der Waals surface area contributed by atoms with Gasteiger partial charge in [-0.25, -0.2) is 14.2 Å². The summed E-state index contributed by atoms with van der Waals surface area (Å²) >= 11 is 1.44. The van der Waals surface area contributed by atoms with Crippen molar-refractivity contribution >= 4 is 27.5 Å². The first-order valence-electron chi connectivity index (χ1n) is 11.3. The molecular weight excluding hydrogens is 485 g/mol. The average molecular weight is 510 g/mol. The number of methoxy groups -OCH3 is 2. The van der Waals surface area contributed by atoms with E-state index in [1.807, 2.05) is 6.07 Å². The molecule has 0 bridgehead atoms. The highest BCUT2D eigenvalue weighted by Crippen LogP contribution is 2.39. The Morgan fingerprint density at radius 3 is 2.83 bits per heavy atom. The van der Waals surface area contributed by atoms with Crippen LogP contribution in [0.25, 0.3) is 10.2 Å². The minimum atomic E-state index is -0.786. The summed E-state index contributed by atoms with van der Waals surface area (Å²) in [6, 6.07) is 15.1. The summed E-state index contributed by atoms with van der Waals surface area (Å²) in [4.78, 5) is 16.5. The fourth-order valence-corrected chi connectivity index (χ4v) is 5.16. The number of nitrogens with zero attached hydrogens (tertiary/aromatic N) is 1. The summed E-state index contributed by atoms with van der Waals surface area (Å²) in [5.41, 5.74) is 2.42.